The van der Waals surface area contributed by atoms with E-state index in [2.05, 4.69) is 14.3 Å². The van der Waals surface area contributed by atoms with Gasteiger partial charge in [-0.15, -0.1) is 0 Å². The van der Waals surface area contributed by atoms with Gasteiger partial charge in [0.1, 0.15) is 7.14 Å². The SMILES string of the molecule is CCC(=O)C(=O)OC.CCC(=O)OCC[N+](=O)[O-].CCC(=O)P(C)(C)=O.Cc1c(C)c(C)c2c(c1C)CC(=O)C(=[N+]=[N-])C2=O. The molecular formula is C29H42N3O11P. The largest absolute Gasteiger partial charge is 0.463 e. The lowest BCUT2D eigenvalue weighted by molar-refractivity contribution is -0.482. The predicted molar refractivity (Wildman–Crippen MR) is 162 cm³/mol. The summed E-state index contributed by atoms with van der Waals surface area (Å²) in [5.74, 6) is -2.52. The lowest BCUT2D eigenvalue weighted by atomic mass is 9.79. The zero-order chi connectivity index (χ0) is 34.9. The van der Waals surface area contributed by atoms with E-state index in [1.807, 2.05) is 27.7 Å². The van der Waals surface area contributed by atoms with Gasteiger partial charge in [0.25, 0.3) is 11.6 Å². The normalized spacial score (nSPS) is 11.5. The summed E-state index contributed by atoms with van der Waals surface area (Å²) < 4.78 is 19.3. The minimum Gasteiger partial charge on any atom is -0.463 e. The third-order valence-electron chi connectivity index (χ3n) is 6.42. The van der Waals surface area contributed by atoms with Crippen LogP contribution in [0.1, 0.15) is 78.2 Å². The van der Waals surface area contributed by atoms with Gasteiger partial charge < -0.3 is 19.6 Å². The second-order valence-corrected chi connectivity index (χ2v) is 12.9. The van der Waals surface area contributed by atoms with Crippen molar-refractivity contribution in [2.75, 3.05) is 33.6 Å². The molecule has 0 N–H and O–H groups in total. The van der Waals surface area contributed by atoms with Crippen molar-refractivity contribution in [1.82, 2.24) is 0 Å². The van der Waals surface area contributed by atoms with Gasteiger partial charge in [0.2, 0.25) is 12.3 Å². The molecule has 0 spiro atoms. The molecule has 0 bridgehead atoms. The molecule has 1 aromatic rings. The number of rotatable bonds is 8. The number of fused-ring (bicyclic) bond motifs is 1. The molecule has 0 atom stereocenters. The van der Waals surface area contributed by atoms with Crippen molar-refractivity contribution in [3.63, 3.8) is 0 Å². The summed E-state index contributed by atoms with van der Waals surface area (Å²) in [6, 6.07) is 0. The maximum Gasteiger partial charge on any atom is 0.405 e. The zero-order valence-corrected chi connectivity index (χ0v) is 27.9. The fourth-order valence-electron chi connectivity index (χ4n) is 3.48. The van der Waals surface area contributed by atoms with Gasteiger partial charge in [-0.05, 0) is 68.8 Å². The van der Waals surface area contributed by atoms with Crippen LogP contribution < -0.4 is 0 Å². The van der Waals surface area contributed by atoms with Gasteiger partial charge in [0.05, 0.1) is 7.11 Å². The van der Waals surface area contributed by atoms with Gasteiger partial charge in [0, 0.05) is 36.2 Å². The second kappa shape index (κ2) is 19.9. The van der Waals surface area contributed by atoms with Crippen molar-refractivity contribution in [3.8, 4) is 0 Å². The van der Waals surface area contributed by atoms with Gasteiger partial charge in [0.15, 0.2) is 12.1 Å². The summed E-state index contributed by atoms with van der Waals surface area (Å²) >= 11 is 0. The van der Waals surface area contributed by atoms with Crippen LogP contribution in [-0.2, 0) is 44.4 Å². The van der Waals surface area contributed by atoms with Crippen LogP contribution in [0.2, 0.25) is 0 Å². The number of hydrogen-bond donors (Lipinski definition) is 0. The zero-order valence-electron chi connectivity index (χ0n) is 27.0. The summed E-state index contributed by atoms with van der Waals surface area (Å²) in [4.78, 5) is 77.3. The number of hydrogen-bond acceptors (Lipinski definition) is 11. The first-order chi connectivity index (χ1) is 20.3. The molecule has 0 radical (unpaired) electrons. The van der Waals surface area contributed by atoms with Crippen molar-refractivity contribution in [2.24, 2.45) is 0 Å². The van der Waals surface area contributed by atoms with Gasteiger partial charge in [-0.2, -0.15) is 4.79 Å². The molecule has 0 aliphatic heterocycles. The lowest BCUT2D eigenvalue weighted by Gasteiger charge is -2.20. The molecule has 0 amide bonds. The number of carbonyl (C=O) groups excluding carboxylic acids is 6. The number of ether oxygens (including phenoxy) is 2. The molecule has 1 aliphatic rings. The van der Waals surface area contributed by atoms with Crippen molar-refractivity contribution < 1.29 is 52.5 Å². The molecule has 15 heteroatoms. The lowest BCUT2D eigenvalue weighted by Crippen LogP contribution is -2.34. The van der Waals surface area contributed by atoms with E-state index in [9.17, 15) is 43.4 Å². The van der Waals surface area contributed by atoms with Gasteiger partial charge >= 0.3 is 17.7 Å². The summed E-state index contributed by atoms with van der Waals surface area (Å²) in [5.41, 5.74) is 13.6. The van der Waals surface area contributed by atoms with Crippen molar-refractivity contribution in [1.29, 1.82) is 0 Å². The highest BCUT2D eigenvalue weighted by Crippen LogP contribution is 2.37. The Labute approximate surface area is 257 Å². The van der Waals surface area contributed by atoms with Crippen LogP contribution in [0.25, 0.3) is 5.53 Å². The van der Waals surface area contributed by atoms with Gasteiger partial charge in [-0.25, -0.2) is 4.79 Å². The first-order valence-electron chi connectivity index (χ1n) is 13.6. The van der Waals surface area contributed by atoms with Crippen LogP contribution in [0.5, 0.6) is 0 Å². The molecule has 0 unspecified atom stereocenters. The molecular weight excluding hydrogens is 597 g/mol. The molecule has 1 aliphatic carbocycles. The topological polar surface area (TPSA) is 217 Å². The van der Waals surface area contributed by atoms with Crippen LogP contribution in [0.15, 0.2) is 0 Å². The van der Waals surface area contributed by atoms with Crippen LogP contribution in [0.4, 0.5) is 0 Å². The number of ketones is 3. The third-order valence-corrected chi connectivity index (χ3v) is 7.94. The Bertz CT molecular complexity index is 1370. The van der Waals surface area contributed by atoms with E-state index in [1.54, 1.807) is 20.8 Å². The Morgan fingerprint density at radius 3 is 1.80 bits per heavy atom. The van der Waals surface area contributed by atoms with Crippen LogP contribution in [0.3, 0.4) is 0 Å². The highest BCUT2D eigenvalue weighted by atomic mass is 31.2. The predicted octanol–water partition coefficient (Wildman–Crippen LogP) is 3.80. The first kappa shape index (κ1) is 42.0. The Morgan fingerprint density at radius 1 is 0.932 bits per heavy atom. The Morgan fingerprint density at radius 2 is 1.45 bits per heavy atom. The number of esters is 2. The summed E-state index contributed by atoms with van der Waals surface area (Å²) in [7, 11) is -1.21. The fourth-order valence-corrected chi connectivity index (χ4v) is 4.25. The van der Waals surface area contributed by atoms with Gasteiger partial charge in [-0.1, -0.05) is 20.8 Å². The Hall–Kier alpha value is -4.15. The molecule has 0 aromatic heterocycles. The van der Waals surface area contributed by atoms with Crippen LogP contribution in [0, 0.1) is 37.8 Å². The van der Waals surface area contributed by atoms with E-state index in [0.717, 1.165) is 27.8 Å². The first-order valence-corrected chi connectivity index (χ1v) is 16.2. The number of benzene rings is 1. The molecule has 0 heterocycles. The Kier molecular flexibility index (Phi) is 19.0. The van der Waals surface area contributed by atoms with E-state index in [4.69, 9.17) is 5.53 Å². The summed E-state index contributed by atoms with van der Waals surface area (Å²) in [6.45, 7) is 15.3. The quantitative estimate of drug-likeness (QED) is 0.0757. The Balaban J connectivity index is 0. The summed E-state index contributed by atoms with van der Waals surface area (Å²) in [5, 5.41) is 9.68. The molecule has 2 rings (SSSR count). The maximum absolute atomic E-state index is 12.2. The number of nitro groups is 1. The minimum atomic E-state index is -2.40. The van der Waals surface area contributed by atoms with Crippen molar-refractivity contribution in [3.05, 3.63) is 49.0 Å². The molecule has 0 saturated heterocycles. The maximum atomic E-state index is 12.2. The number of Topliss-reactive ketones (excluding diaryl/α,β-unsaturated/α-hetero) is 3. The van der Waals surface area contributed by atoms with E-state index < -0.39 is 41.4 Å². The highest BCUT2D eigenvalue weighted by Gasteiger charge is 2.39. The molecule has 0 fully saturated rings. The number of methoxy groups -OCH3 is 1. The fraction of sp³-hybridized carbons (Fsp3) is 0.552. The number of carbonyl (C=O) groups is 6. The molecule has 14 nitrogen and oxygen atoms in total. The van der Waals surface area contributed by atoms with E-state index >= 15 is 0 Å². The van der Waals surface area contributed by atoms with E-state index in [0.29, 0.717) is 12.0 Å². The molecule has 244 valence electrons. The van der Waals surface area contributed by atoms with E-state index in [-0.39, 0.29) is 43.7 Å². The number of nitrogens with zero attached hydrogens (tertiary/aromatic N) is 3. The van der Waals surface area contributed by atoms with Crippen molar-refractivity contribution in [2.45, 2.75) is 74.1 Å². The smallest absolute Gasteiger partial charge is 0.405 e. The monoisotopic (exact) mass is 639 g/mol. The molecule has 1 aromatic carbocycles. The standard InChI is InChI=1S/C14H14N2O2.C5H9NO4.C5H8O3.C5H11O2P/c1-6-7(2)9(4)12-10(8(6)3)5-11(17)13(16-15)14(12)18;1-2-5(7)10-4-3-6(8)9;1-3-4(6)5(7)8-2;1-4-5(6)8(2,3)7/h5H2,1-4H3;2-4H2,1H3;3H2,1-2H3;4H2,1-3H3. The molecule has 0 saturated carbocycles. The average molecular weight is 640 g/mol. The van der Waals surface area contributed by atoms with Crippen molar-refractivity contribution >= 4 is 47.7 Å². The van der Waals surface area contributed by atoms with Crippen LogP contribution in [-0.4, -0.2) is 83.8 Å². The summed E-state index contributed by atoms with van der Waals surface area (Å²) in [6.07, 6.45) is 1.00. The highest BCUT2D eigenvalue weighted by molar-refractivity contribution is 7.79. The minimum absolute atomic E-state index is 0.113. The average Bonchev–Trinajstić information content (AvgIpc) is 2.97. The second-order valence-electron chi connectivity index (χ2n) is 9.73. The van der Waals surface area contributed by atoms with Gasteiger partial charge in [-0.3, -0.25) is 34.1 Å². The van der Waals surface area contributed by atoms with Crippen LogP contribution >= 0.6 is 7.14 Å². The third kappa shape index (κ3) is 13.4. The van der Waals surface area contributed by atoms with E-state index in [1.165, 1.54) is 20.4 Å². The molecule has 44 heavy (non-hydrogen) atoms.